The summed E-state index contributed by atoms with van der Waals surface area (Å²) in [7, 11) is 0. The lowest BCUT2D eigenvalue weighted by atomic mass is 10.2. The van der Waals surface area contributed by atoms with Crippen LogP contribution in [-0.4, -0.2) is 25.8 Å². The van der Waals surface area contributed by atoms with Crippen molar-refractivity contribution in [3.8, 4) is 0 Å². The molecular weight excluding hydrogens is 150 g/mol. The molecule has 1 N–H and O–H groups in total. The van der Waals surface area contributed by atoms with Gasteiger partial charge in [0, 0.05) is 12.6 Å². The maximum Gasteiger partial charge on any atom is 0.0623 e. The molecule has 1 fully saturated rings. The van der Waals surface area contributed by atoms with Gasteiger partial charge in [0.25, 0.3) is 0 Å². The molecule has 3 heteroatoms. The SMILES string of the molecule is C=CC[C@@H]1COCCN1.Cl. The number of ether oxygens (including phenoxy) is 1. The molecule has 1 aliphatic heterocycles. The van der Waals surface area contributed by atoms with Crippen molar-refractivity contribution in [1.82, 2.24) is 5.32 Å². The highest BCUT2D eigenvalue weighted by molar-refractivity contribution is 5.85. The third kappa shape index (κ3) is 3.20. The summed E-state index contributed by atoms with van der Waals surface area (Å²) < 4.78 is 5.22. The van der Waals surface area contributed by atoms with Gasteiger partial charge in [-0.2, -0.15) is 0 Å². The summed E-state index contributed by atoms with van der Waals surface area (Å²) in [6.45, 7) is 6.34. The number of nitrogens with one attached hydrogen (secondary N) is 1. The average Bonchev–Trinajstić information content (AvgIpc) is 1.91. The highest BCUT2D eigenvalue weighted by atomic mass is 35.5. The highest BCUT2D eigenvalue weighted by Crippen LogP contribution is 1.97. The standard InChI is InChI=1S/C7H13NO.ClH/c1-2-3-7-6-9-5-4-8-7;/h2,7-8H,1,3-6H2;1H/t7-;/m1./s1. The molecule has 1 rings (SSSR count). The van der Waals surface area contributed by atoms with E-state index in [2.05, 4.69) is 11.9 Å². The Hall–Kier alpha value is -0.0500. The number of hydrogen-bond acceptors (Lipinski definition) is 2. The van der Waals surface area contributed by atoms with E-state index in [1.54, 1.807) is 0 Å². The molecule has 0 saturated carbocycles. The Morgan fingerprint density at radius 1 is 1.70 bits per heavy atom. The Labute approximate surface area is 68.0 Å². The second kappa shape index (κ2) is 5.71. The van der Waals surface area contributed by atoms with Gasteiger partial charge in [0.05, 0.1) is 13.2 Å². The summed E-state index contributed by atoms with van der Waals surface area (Å²) in [6, 6.07) is 0.510. The zero-order valence-electron chi connectivity index (χ0n) is 6.01. The summed E-state index contributed by atoms with van der Waals surface area (Å²) in [4.78, 5) is 0. The number of halogens is 1. The van der Waals surface area contributed by atoms with Crippen LogP contribution in [0.3, 0.4) is 0 Å². The van der Waals surface area contributed by atoms with Gasteiger partial charge in [0.2, 0.25) is 0 Å². The average molecular weight is 164 g/mol. The predicted molar refractivity (Wildman–Crippen MR) is 44.7 cm³/mol. The molecule has 1 aliphatic rings. The molecule has 0 spiro atoms. The molecule has 0 aromatic heterocycles. The van der Waals surface area contributed by atoms with Crippen LogP contribution in [0, 0.1) is 0 Å². The van der Waals surface area contributed by atoms with E-state index in [9.17, 15) is 0 Å². The van der Waals surface area contributed by atoms with Crippen molar-refractivity contribution in [2.75, 3.05) is 19.8 Å². The van der Waals surface area contributed by atoms with Crippen LogP contribution in [0.1, 0.15) is 6.42 Å². The molecule has 2 nitrogen and oxygen atoms in total. The fourth-order valence-electron chi connectivity index (χ4n) is 0.972. The lowest BCUT2D eigenvalue weighted by molar-refractivity contribution is 0.0778. The minimum atomic E-state index is 0. The van der Waals surface area contributed by atoms with Gasteiger partial charge in [0.15, 0.2) is 0 Å². The molecule has 1 saturated heterocycles. The summed E-state index contributed by atoms with van der Waals surface area (Å²) in [5.74, 6) is 0. The lowest BCUT2D eigenvalue weighted by Gasteiger charge is -2.22. The summed E-state index contributed by atoms with van der Waals surface area (Å²) in [5, 5.41) is 3.32. The fourth-order valence-corrected chi connectivity index (χ4v) is 0.972. The number of morpholine rings is 1. The zero-order chi connectivity index (χ0) is 6.53. The molecule has 1 atom stereocenters. The van der Waals surface area contributed by atoms with E-state index in [-0.39, 0.29) is 12.4 Å². The molecule has 0 amide bonds. The van der Waals surface area contributed by atoms with Crippen LogP contribution in [-0.2, 0) is 4.74 Å². The first-order chi connectivity index (χ1) is 4.43. The maximum atomic E-state index is 5.22. The van der Waals surface area contributed by atoms with Crippen molar-refractivity contribution >= 4 is 12.4 Å². The molecule has 0 radical (unpaired) electrons. The van der Waals surface area contributed by atoms with Crippen LogP contribution in [0.25, 0.3) is 0 Å². The van der Waals surface area contributed by atoms with E-state index in [0.717, 1.165) is 26.2 Å². The Morgan fingerprint density at radius 2 is 2.50 bits per heavy atom. The van der Waals surface area contributed by atoms with E-state index >= 15 is 0 Å². The second-order valence-electron chi connectivity index (χ2n) is 2.25. The Morgan fingerprint density at radius 3 is 3.00 bits per heavy atom. The summed E-state index contributed by atoms with van der Waals surface area (Å²) >= 11 is 0. The summed E-state index contributed by atoms with van der Waals surface area (Å²) in [6.07, 6.45) is 2.94. The topological polar surface area (TPSA) is 21.3 Å². The third-order valence-electron chi connectivity index (χ3n) is 1.45. The molecule has 0 bridgehead atoms. The molecule has 10 heavy (non-hydrogen) atoms. The van der Waals surface area contributed by atoms with Crippen LogP contribution in [0.2, 0.25) is 0 Å². The van der Waals surface area contributed by atoms with Crippen molar-refractivity contribution < 1.29 is 4.74 Å². The Kier molecular flexibility index (Phi) is 5.69. The number of rotatable bonds is 2. The van der Waals surface area contributed by atoms with Gasteiger partial charge < -0.3 is 10.1 Å². The van der Waals surface area contributed by atoms with Gasteiger partial charge in [0.1, 0.15) is 0 Å². The van der Waals surface area contributed by atoms with E-state index < -0.39 is 0 Å². The minimum absolute atomic E-state index is 0. The van der Waals surface area contributed by atoms with E-state index in [0.29, 0.717) is 6.04 Å². The van der Waals surface area contributed by atoms with E-state index in [1.807, 2.05) is 6.08 Å². The molecule has 0 unspecified atom stereocenters. The van der Waals surface area contributed by atoms with Crippen LogP contribution < -0.4 is 5.32 Å². The minimum Gasteiger partial charge on any atom is -0.379 e. The van der Waals surface area contributed by atoms with Crippen molar-refractivity contribution in [3.63, 3.8) is 0 Å². The maximum absolute atomic E-state index is 5.22. The van der Waals surface area contributed by atoms with Crippen molar-refractivity contribution in [2.45, 2.75) is 12.5 Å². The number of hydrogen-bond donors (Lipinski definition) is 1. The summed E-state index contributed by atoms with van der Waals surface area (Å²) in [5.41, 5.74) is 0. The Balaban J connectivity index is 0.000000810. The second-order valence-corrected chi connectivity index (χ2v) is 2.25. The largest absolute Gasteiger partial charge is 0.379 e. The predicted octanol–water partition coefficient (Wildman–Crippen LogP) is 0.973. The molecule has 0 aliphatic carbocycles. The van der Waals surface area contributed by atoms with Gasteiger partial charge >= 0.3 is 0 Å². The van der Waals surface area contributed by atoms with Crippen LogP contribution >= 0.6 is 12.4 Å². The molecule has 60 valence electrons. The molecule has 1 heterocycles. The Bertz CT molecular complexity index is 91.6. The van der Waals surface area contributed by atoms with Gasteiger partial charge in [-0.25, -0.2) is 0 Å². The molecule has 0 aromatic rings. The fraction of sp³-hybridized carbons (Fsp3) is 0.714. The first kappa shape index (κ1) is 9.95. The molecule has 0 aromatic carbocycles. The first-order valence-corrected chi connectivity index (χ1v) is 3.35. The van der Waals surface area contributed by atoms with Crippen LogP contribution in [0.5, 0.6) is 0 Å². The highest BCUT2D eigenvalue weighted by Gasteiger charge is 2.09. The monoisotopic (exact) mass is 163 g/mol. The normalized spacial score (nSPS) is 25.0. The lowest BCUT2D eigenvalue weighted by Crippen LogP contribution is -2.40. The van der Waals surface area contributed by atoms with Gasteiger partial charge in [-0.05, 0) is 6.42 Å². The van der Waals surface area contributed by atoms with Crippen molar-refractivity contribution in [3.05, 3.63) is 12.7 Å². The smallest absolute Gasteiger partial charge is 0.0623 e. The van der Waals surface area contributed by atoms with E-state index in [4.69, 9.17) is 4.74 Å². The van der Waals surface area contributed by atoms with Gasteiger partial charge in [-0.1, -0.05) is 6.08 Å². The molecular formula is C7H14ClNO. The van der Waals surface area contributed by atoms with Gasteiger partial charge in [-0.15, -0.1) is 19.0 Å². The van der Waals surface area contributed by atoms with Crippen LogP contribution in [0.4, 0.5) is 0 Å². The quantitative estimate of drug-likeness (QED) is 0.613. The zero-order valence-corrected chi connectivity index (χ0v) is 6.82. The van der Waals surface area contributed by atoms with E-state index in [1.165, 1.54) is 0 Å². The van der Waals surface area contributed by atoms with Gasteiger partial charge in [-0.3, -0.25) is 0 Å². The van der Waals surface area contributed by atoms with Crippen LogP contribution in [0.15, 0.2) is 12.7 Å². The third-order valence-corrected chi connectivity index (χ3v) is 1.45. The first-order valence-electron chi connectivity index (χ1n) is 3.35. The van der Waals surface area contributed by atoms with Crippen molar-refractivity contribution in [1.29, 1.82) is 0 Å². The van der Waals surface area contributed by atoms with Crippen molar-refractivity contribution in [2.24, 2.45) is 0 Å².